The van der Waals surface area contributed by atoms with Gasteiger partial charge in [-0.3, -0.25) is 19.8 Å². The van der Waals surface area contributed by atoms with Gasteiger partial charge in [-0.05, 0) is 55.5 Å². The van der Waals surface area contributed by atoms with Crippen LogP contribution in [0, 0.1) is 16.7 Å². The number of aromatic nitrogens is 2. The summed E-state index contributed by atoms with van der Waals surface area (Å²) < 4.78 is 1.84. The first-order chi connectivity index (χ1) is 14.7. The highest BCUT2D eigenvalue weighted by atomic mass is 32.1. The number of amides is 1. The molecule has 1 saturated heterocycles. The van der Waals surface area contributed by atoms with Gasteiger partial charge >= 0.3 is 0 Å². The van der Waals surface area contributed by atoms with Gasteiger partial charge in [0.05, 0.1) is 29.3 Å². The molecule has 1 fully saturated rings. The van der Waals surface area contributed by atoms with Gasteiger partial charge in [-0.1, -0.05) is 12.1 Å². The second-order valence-corrected chi connectivity index (χ2v) is 9.16. The zero-order chi connectivity index (χ0) is 22.3. The van der Waals surface area contributed by atoms with E-state index in [0.717, 1.165) is 21.6 Å². The molecule has 1 aliphatic rings. The first-order valence-corrected chi connectivity index (χ1v) is 10.9. The van der Waals surface area contributed by atoms with Crippen molar-refractivity contribution in [3.05, 3.63) is 64.1 Å². The van der Waals surface area contributed by atoms with Gasteiger partial charge in [0.15, 0.2) is 5.96 Å². The van der Waals surface area contributed by atoms with Crippen LogP contribution in [0.5, 0.6) is 0 Å². The summed E-state index contributed by atoms with van der Waals surface area (Å²) in [6.07, 6.45) is 3.66. The van der Waals surface area contributed by atoms with Crippen LogP contribution in [0.2, 0.25) is 0 Å². The van der Waals surface area contributed by atoms with Crippen molar-refractivity contribution >= 4 is 23.2 Å². The van der Waals surface area contributed by atoms with Crippen LogP contribution in [0.25, 0.3) is 11.1 Å². The van der Waals surface area contributed by atoms with Gasteiger partial charge in [0, 0.05) is 29.7 Å². The van der Waals surface area contributed by atoms with Crippen LogP contribution >= 0.6 is 11.3 Å². The molecule has 4 rings (SSSR count). The van der Waals surface area contributed by atoms with E-state index < -0.39 is 11.5 Å². The van der Waals surface area contributed by atoms with E-state index in [2.05, 4.69) is 16.5 Å². The summed E-state index contributed by atoms with van der Waals surface area (Å²) in [5, 5.41) is 27.3. The van der Waals surface area contributed by atoms with Crippen LogP contribution in [-0.4, -0.2) is 33.6 Å². The normalized spacial score (nSPS) is 21.3. The number of carbonyl (C=O) groups is 1. The maximum atomic E-state index is 13.3. The number of guanidine groups is 1. The van der Waals surface area contributed by atoms with Crippen LogP contribution in [0.3, 0.4) is 0 Å². The number of benzene rings is 1. The second-order valence-electron chi connectivity index (χ2n) is 8.25. The fraction of sp³-hybridized carbons (Fsp3) is 0.304. The monoisotopic (exact) mass is 432 g/mol. The van der Waals surface area contributed by atoms with Crippen molar-refractivity contribution < 1.29 is 4.79 Å². The summed E-state index contributed by atoms with van der Waals surface area (Å²) in [5.74, 6) is -0.603. The van der Waals surface area contributed by atoms with E-state index in [0.29, 0.717) is 5.56 Å². The molecule has 1 aliphatic heterocycles. The predicted octanol–water partition coefficient (Wildman–Crippen LogP) is 4.06. The van der Waals surface area contributed by atoms with E-state index in [1.807, 2.05) is 61.3 Å². The minimum Gasteiger partial charge on any atom is -0.345 e. The average Bonchev–Trinajstić information content (AvgIpc) is 3.43. The van der Waals surface area contributed by atoms with E-state index in [-0.39, 0.29) is 17.9 Å². The van der Waals surface area contributed by atoms with E-state index >= 15 is 0 Å². The van der Waals surface area contributed by atoms with E-state index in [4.69, 9.17) is 5.41 Å². The van der Waals surface area contributed by atoms with Gasteiger partial charge in [0.2, 0.25) is 5.91 Å². The summed E-state index contributed by atoms with van der Waals surface area (Å²) in [7, 11) is 1.62. The summed E-state index contributed by atoms with van der Waals surface area (Å²) in [6, 6.07) is 11.9. The Balaban J connectivity index is 1.79. The Morgan fingerprint density at radius 3 is 2.77 bits per heavy atom. The number of hydrogen-bond acceptors (Lipinski definition) is 5. The molecule has 3 aromatic rings. The number of rotatable bonds is 4. The molecule has 0 bridgehead atoms. The number of carbonyl (C=O) groups excluding carboxylic acids is 1. The molecule has 7 nitrogen and oxygen atoms in total. The molecule has 31 heavy (non-hydrogen) atoms. The zero-order valence-corrected chi connectivity index (χ0v) is 18.7. The third kappa shape index (κ3) is 3.51. The first-order valence-electron chi connectivity index (χ1n) is 10.0. The lowest BCUT2D eigenvalue weighted by atomic mass is 9.77. The molecule has 0 radical (unpaired) electrons. The van der Waals surface area contributed by atoms with E-state index in [9.17, 15) is 10.1 Å². The second kappa shape index (κ2) is 7.67. The highest BCUT2D eigenvalue weighted by molar-refractivity contribution is 7.10. The lowest BCUT2D eigenvalue weighted by Gasteiger charge is -2.44. The topological polar surface area (TPSA) is 97.8 Å². The van der Waals surface area contributed by atoms with Crippen molar-refractivity contribution in [2.45, 2.75) is 38.3 Å². The van der Waals surface area contributed by atoms with Crippen molar-refractivity contribution in [3.63, 3.8) is 0 Å². The quantitative estimate of drug-likeness (QED) is 0.650. The zero-order valence-electron chi connectivity index (χ0n) is 17.9. The maximum Gasteiger partial charge on any atom is 0.239 e. The van der Waals surface area contributed by atoms with Crippen molar-refractivity contribution in [2.24, 2.45) is 0 Å². The van der Waals surface area contributed by atoms with Crippen molar-refractivity contribution in [3.8, 4) is 17.2 Å². The molecule has 0 saturated carbocycles. The number of hydrogen-bond donors (Lipinski definition) is 2. The van der Waals surface area contributed by atoms with Gasteiger partial charge in [0.1, 0.15) is 0 Å². The van der Waals surface area contributed by atoms with Crippen LogP contribution in [-0.2, 0) is 10.3 Å². The smallest absolute Gasteiger partial charge is 0.239 e. The van der Waals surface area contributed by atoms with Crippen LogP contribution in [0.15, 0.2) is 48.1 Å². The molecular weight excluding hydrogens is 408 g/mol. The fourth-order valence-electron chi connectivity index (χ4n) is 3.95. The summed E-state index contributed by atoms with van der Waals surface area (Å²) in [5.41, 5.74) is 2.54. The number of thiophene rings is 1. The third-order valence-electron chi connectivity index (χ3n) is 5.79. The van der Waals surface area contributed by atoms with E-state index in [1.54, 1.807) is 30.6 Å². The minimum absolute atomic E-state index is 0.0708. The lowest BCUT2D eigenvalue weighted by Crippen LogP contribution is -2.62. The Kier molecular flexibility index (Phi) is 5.15. The van der Waals surface area contributed by atoms with Crippen LogP contribution in [0.1, 0.15) is 48.7 Å². The van der Waals surface area contributed by atoms with Crippen LogP contribution in [0.4, 0.5) is 0 Å². The first kappa shape index (κ1) is 20.8. The molecule has 2 N–H and O–H groups in total. The third-order valence-corrected chi connectivity index (χ3v) is 6.96. The minimum atomic E-state index is -0.804. The molecule has 158 valence electrons. The highest BCUT2D eigenvalue weighted by Gasteiger charge is 2.49. The molecule has 2 unspecified atom stereocenters. The van der Waals surface area contributed by atoms with Gasteiger partial charge in [-0.25, -0.2) is 0 Å². The molecule has 1 amide bonds. The average molecular weight is 433 g/mol. The Morgan fingerprint density at radius 1 is 1.32 bits per heavy atom. The summed E-state index contributed by atoms with van der Waals surface area (Å²) in [6.45, 7) is 6.05. The molecule has 1 aromatic carbocycles. The summed E-state index contributed by atoms with van der Waals surface area (Å²) >= 11 is 1.54. The van der Waals surface area contributed by atoms with Crippen molar-refractivity contribution in [2.75, 3.05) is 7.05 Å². The number of nitrogens with one attached hydrogen (secondary N) is 2. The molecule has 3 heterocycles. The van der Waals surface area contributed by atoms with Crippen LogP contribution < -0.4 is 5.32 Å². The Bertz CT molecular complexity index is 1200. The molecule has 2 aromatic heterocycles. The number of nitrogens with zero attached hydrogens (tertiary/aromatic N) is 4. The molecule has 0 aliphatic carbocycles. The van der Waals surface area contributed by atoms with Gasteiger partial charge in [-0.15, -0.1) is 11.3 Å². The van der Waals surface area contributed by atoms with Gasteiger partial charge in [-0.2, -0.15) is 10.4 Å². The largest absolute Gasteiger partial charge is 0.345 e. The number of nitriles is 1. The predicted molar refractivity (Wildman–Crippen MR) is 121 cm³/mol. The molecule has 8 heteroatoms. The van der Waals surface area contributed by atoms with Gasteiger partial charge < -0.3 is 5.32 Å². The fourth-order valence-corrected chi connectivity index (χ4v) is 5.01. The number of likely N-dealkylation sites (N-methyl/N-ethyl adjacent to an activating group) is 1. The summed E-state index contributed by atoms with van der Waals surface area (Å²) in [4.78, 5) is 15.6. The lowest BCUT2D eigenvalue weighted by molar-refractivity contribution is -0.131. The van der Waals surface area contributed by atoms with Gasteiger partial charge in [0.25, 0.3) is 0 Å². The Labute approximate surface area is 185 Å². The van der Waals surface area contributed by atoms with Crippen molar-refractivity contribution in [1.29, 1.82) is 10.7 Å². The Morgan fingerprint density at radius 2 is 2.10 bits per heavy atom. The molecule has 2 atom stereocenters. The standard InChI is InChI=1S/C23H24N6OS/c1-14(2)29-12-18(11-26-29)20-21(30)28(4)22(25)27-23(20,3)19-9-17(13-31-19)16-7-5-6-15(8-16)10-24/h5-9,11-14,20H,1-4H3,(H2,25,27). The SMILES string of the molecule is CC(C)n1cc(C2C(=O)N(C)C(=N)NC2(C)c2cc(-c3cccc(C#N)c3)cs2)cn1. The maximum absolute atomic E-state index is 13.3. The molecular formula is C23H24N6OS. The Hall–Kier alpha value is -3.44. The highest BCUT2D eigenvalue weighted by Crippen LogP contribution is 2.44. The van der Waals surface area contributed by atoms with E-state index in [1.165, 1.54) is 4.90 Å². The molecule has 0 spiro atoms. The van der Waals surface area contributed by atoms with Crippen molar-refractivity contribution in [1.82, 2.24) is 20.0 Å².